The molecule has 0 saturated heterocycles. The molecular formula is C35H35Cl2F2N7O5. The molecular weight excluding hydrogens is 707 g/mol. The standard InChI is InChI=1S/C35H35Cl2F2N7O5/c1-17(19-10-9-13-40-29(19)46(32(47)50-34(2,3)4)33(48)51-35(5,6)7)45-14-15-49-28-23-26(42-31(37)43-30(23)45)25(39)22(24(28)36)21-20(38)12-11-18-16-41-44(8)27(18)21/h9-13,16-17H,14-15H2,1-8H3/t17-/m1/s1. The highest BCUT2D eigenvalue weighted by molar-refractivity contribution is 6.37. The Hall–Kier alpha value is -4.82. The Morgan fingerprint density at radius 3 is 2.31 bits per heavy atom. The summed E-state index contributed by atoms with van der Waals surface area (Å²) in [6.45, 7) is 11.9. The average molecular weight is 743 g/mol. The number of aryl methyl sites for hydroxylation is 1. The van der Waals surface area contributed by atoms with Crippen molar-refractivity contribution in [3.63, 3.8) is 0 Å². The number of amides is 2. The monoisotopic (exact) mass is 741 g/mol. The third-order valence-corrected chi connectivity index (χ3v) is 8.52. The SMILES string of the molecule is C[C@H](c1cccnc1N(C(=O)OC(C)(C)C)C(=O)OC(C)(C)C)N1CCOc2c(Cl)c(-c3c(F)ccc4cnn(C)c34)c(F)c3nc(Cl)nc1c23. The lowest BCUT2D eigenvalue weighted by atomic mass is 9.98. The second-order valence-electron chi connectivity index (χ2n) is 13.9. The van der Waals surface area contributed by atoms with Crippen molar-refractivity contribution in [1.29, 1.82) is 0 Å². The van der Waals surface area contributed by atoms with Crippen molar-refractivity contribution in [2.75, 3.05) is 23.0 Å². The highest BCUT2D eigenvalue weighted by Gasteiger charge is 2.38. The first-order valence-corrected chi connectivity index (χ1v) is 16.7. The topological polar surface area (TPSA) is 125 Å². The minimum atomic E-state index is -1.00. The maximum Gasteiger partial charge on any atom is 0.425 e. The molecule has 1 aliphatic heterocycles. The summed E-state index contributed by atoms with van der Waals surface area (Å²) in [5, 5.41) is 4.37. The molecule has 0 N–H and O–H groups in total. The van der Waals surface area contributed by atoms with Crippen LogP contribution >= 0.6 is 23.2 Å². The summed E-state index contributed by atoms with van der Waals surface area (Å²) in [7, 11) is 1.61. The molecule has 51 heavy (non-hydrogen) atoms. The minimum Gasteiger partial charge on any atom is -0.489 e. The van der Waals surface area contributed by atoms with E-state index in [1.165, 1.54) is 29.2 Å². The van der Waals surface area contributed by atoms with E-state index in [-0.39, 0.29) is 62.9 Å². The number of nitrogens with zero attached hydrogens (tertiary/aromatic N) is 7. The quantitative estimate of drug-likeness (QED) is 0.165. The van der Waals surface area contributed by atoms with Crippen LogP contribution in [0.5, 0.6) is 5.75 Å². The number of carbonyl (C=O) groups excluding carboxylic acids is 2. The van der Waals surface area contributed by atoms with Gasteiger partial charge in [-0.15, -0.1) is 0 Å². The zero-order valence-electron chi connectivity index (χ0n) is 29.1. The van der Waals surface area contributed by atoms with E-state index in [0.717, 1.165) is 4.90 Å². The number of hydrogen-bond acceptors (Lipinski definition) is 10. The van der Waals surface area contributed by atoms with Gasteiger partial charge in [0.25, 0.3) is 0 Å². The summed E-state index contributed by atoms with van der Waals surface area (Å²) >= 11 is 13.4. The summed E-state index contributed by atoms with van der Waals surface area (Å²) in [6.07, 6.45) is 0.954. The van der Waals surface area contributed by atoms with Gasteiger partial charge in [0.2, 0.25) is 5.28 Å². The van der Waals surface area contributed by atoms with Crippen molar-refractivity contribution in [3.05, 3.63) is 64.2 Å². The number of carbonyl (C=O) groups is 2. The first kappa shape index (κ1) is 36.0. The zero-order valence-corrected chi connectivity index (χ0v) is 30.7. The van der Waals surface area contributed by atoms with Gasteiger partial charge >= 0.3 is 12.2 Å². The van der Waals surface area contributed by atoms with Crippen LogP contribution in [-0.4, -0.2) is 61.3 Å². The first-order chi connectivity index (χ1) is 23.9. The fourth-order valence-electron chi connectivity index (χ4n) is 5.95. The summed E-state index contributed by atoms with van der Waals surface area (Å²) in [5.41, 5.74) is -1.86. The molecule has 5 aromatic rings. The number of aromatic nitrogens is 5. The Kier molecular flexibility index (Phi) is 9.21. The van der Waals surface area contributed by atoms with Crippen molar-refractivity contribution in [3.8, 4) is 16.9 Å². The van der Waals surface area contributed by atoms with Crippen LogP contribution in [0.3, 0.4) is 0 Å². The Bertz CT molecular complexity index is 2190. The molecule has 0 saturated carbocycles. The second-order valence-corrected chi connectivity index (χ2v) is 14.6. The number of imide groups is 1. The second kappa shape index (κ2) is 13.1. The number of pyridine rings is 1. The van der Waals surface area contributed by atoms with Gasteiger partial charge in [-0.05, 0) is 78.3 Å². The number of ether oxygens (including phenoxy) is 3. The van der Waals surface area contributed by atoms with Crippen molar-refractivity contribution >= 4 is 68.8 Å². The fourth-order valence-corrected chi connectivity index (χ4v) is 6.44. The van der Waals surface area contributed by atoms with E-state index < -0.39 is 41.1 Å². The predicted octanol–water partition coefficient (Wildman–Crippen LogP) is 8.80. The molecule has 4 heterocycles. The minimum absolute atomic E-state index is 0.00798. The summed E-state index contributed by atoms with van der Waals surface area (Å²) < 4.78 is 51.2. The van der Waals surface area contributed by atoms with Crippen LogP contribution in [0.1, 0.15) is 60.1 Å². The third kappa shape index (κ3) is 6.69. The summed E-state index contributed by atoms with van der Waals surface area (Å²) in [4.78, 5) is 42.8. The molecule has 2 aromatic carbocycles. The third-order valence-electron chi connectivity index (χ3n) is 7.99. The van der Waals surface area contributed by atoms with Gasteiger partial charge in [0.05, 0.1) is 34.7 Å². The van der Waals surface area contributed by atoms with Crippen LogP contribution < -0.4 is 14.5 Å². The Labute approximate surface area is 302 Å². The van der Waals surface area contributed by atoms with Crippen LogP contribution in [0.15, 0.2) is 36.7 Å². The molecule has 0 radical (unpaired) electrons. The molecule has 268 valence electrons. The van der Waals surface area contributed by atoms with E-state index in [9.17, 15) is 9.59 Å². The lowest BCUT2D eigenvalue weighted by Gasteiger charge is -2.33. The molecule has 1 aliphatic rings. The van der Waals surface area contributed by atoms with Gasteiger partial charge in [0.1, 0.15) is 35.0 Å². The van der Waals surface area contributed by atoms with Crippen molar-refractivity contribution in [2.45, 2.75) is 65.7 Å². The van der Waals surface area contributed by atoms with E-state index >= 15 is 8.78 Å². The maximum absolute atomic E-state index is 16.8. The maximum atomic E-state index is 16.8. The number of rotatable bonds is 4. The molecule has 3 aromatic heterocycles. The molecule has 0 aliphatic carbocycles. The lowest BCUT2D eigenvalue weighted by molar-refractivity contribution is 0.0428. The number of benzene rings is 2. The van der Waals surface area contributed by atoms with E-state index in [1.807, 2.05) is 0 Å². The van der Waals surface area contributed by atoms with Crippen molar-refractivity contribution in [1.82, 2.24) is 24.7 Å². The number of hydrogen-bond donors (Lipinski definition) is 0. The van der Waals surface area contributed by atoms with Crippen LogP contribution in [0, 0.1) is 11.6 Å². The summed E-state index contributed by atoms with van der Waals surface area (Å²) in [6, 6.07) is 5.35. The van der Waals surface area contributed by atoms with Crippen molar-refractivity contribution < 1.29 is 32.6 Å². The highest BCUT2D eigenvalue weighted by atomic mass is 35.5. The molecule has 0 spiro atoms. The predicted molar refractivity (Wildman–Crippen MR) is 190 cm³/mol. The number of halogens is 4. The van der Waals surface area contributed by atoms with Gasteiger partial charge in [0, 0.05) is 35.3 Å². The molecule has 12 nitrogen and oxygen atoms in total. The lowest BCUT2D eigenvalue weighted by Crippen LogP contribution is -2.45. The zero-order chi connectivity index (χ0) is 37.2. The Balaban J connectivity index is 1.54. The molecule has 16 heteroatoms. The van der Waals surface area contributed by atoms with Crippen LogP contribution in [0.2, 0.25) is 10.3 Å². The van der Waals surface area contributed by atoms with Crippen LogP contribution in [-0.2, 0) is 16.5 Å². The van der Waals surface area contributed by atoms with Gasteiger partial charge in [-0.25, -0.2) is 28.3 Å². The molecule has 2 amide bonds. The van der Waals surface area contributed by atoms with Crippen LogP contribution in [0.4, 0.5) is 30.0 Å². The Morgan fingerprint density at radius 1 is 1.00 bits per heavy atom. The Morgan fingerprint density at radius 2 is 1.67 bits per heavy atom. The normalized spacial score (nSPS) is 13.9. The summed E-state index contributed by atoms with van der Waals surface area (Å²) in [5.74, 6) is -1.56. The van der Waals surface area contributed by atoms with E-state index in [1.54, 1.807) is 72.5 Å². The van der Waals surface area contributed by atoms with Gasteiger partial charge in [0.15, 0.2) is 17.4 Å². The molecule has 0 unspecified atom stereocenters. The molecule has 6 rings (SSSR count). The molecule has 1 atom stereocenters. The van der Waals surface area contributed by atoms with E-state index in [2.05, 4.69) is 20.1 Å². The molecule has 0 bridgehead atoms. The smallest absolute Gasteiger partial charge is 0.425 e. The first-order valence-electron chi connectivity index (χ1n) is 16.0. The number of anilines is 2. The number of fused-ring (bicyclic) bond motifs is 1. The van der Waals surface area contributed by atoms with Gasteiger partial charge in [-0.3, -0.25) is 4.68 Å². The average Bonchev–Trinajstić information content (AvgIpc) is 3.28. The van der Waals surface area contributed by atoms with E-state index in [0.29, 0.717) is 16.5 Å². The fraction of sp³-hybridized carbons (Fsp3) is 0.371. The van der Waals surface area contributed by atoms with Gasteiger partial charge in [-0.2, -0.15) is 15.0 Å². The van der Waals surface area contributed by atoms with E-state index in [4.69, 9.17) is 37.4 Å². The largest absolute Gasteiger partial charge is 0.489 e. The molecule has 0 fully saturated rings. The highest BCUT2D eigenvalue weighted by Crippen LogP contribution is 2.50. The van der Waals surface area contributed by atoms with Gasteiger partial charge in [-0.1, -0.05) is 17.7 Å². The van der Waals surface area contributed by atoms with Gasteiger partial charge < -0.3 is 19.1 Å². The van der Waals surface area contributed by atoms with Crippen LogP contribution in [0.25, 0.3) is 32.9 Å². The van der Waals surface area contributed by atoms with Crippen molar-refractivity contribution in [2.24, 2.45) is 7.05 Å².